The van der Waals surface area contributed by atoms with Crippen LogP contribution in [0.5, 0.6) is 0 Å². The van der Waals surface area contributed by atoms with Gasteiger partial charge in [-0.05, 0) is 5.41 Å². The highest BCUT2D eigenvalue weighted by Gasteiger charge is 2.47. The maximum atomic E-state index is 9.62. The first-order valence-corrected chi connectivity index (χ1v) is 4.63. The van der Waals surface area contributed by atoms with E-state index in [0.717, 1.165) is 0 Å². The zero-order valence-corrected chi connectivity index (χ0v) is 8.58. The van der Waals surface area contributed by atoms with Crippen molar-refractivity contribution < 1.29 is 25.2 Å². The summed E-state index contributed by atoms with van der Waals surface area (Å²) in [5.41, 5.74) is -0.415. The van der Waals surface area contributed by atoms with Gasteiger partial charge in [0.1, 0.15) is 18.3 Å². The van der Waals surface area contributed by atoms with Gasteiger partial charge in [-0.1, -0.05) is 20.8 Å². The Morgan fingerprint density at radius 2 is 1.36 bits per heavy atom. The van der Waals surface area contributed by atoms with Crippen molar-refractivity contribution in [2.45, 2.75) is 51.5 Å². The van der Waals surface area contributed by atoms with Crippen LogP contribution in [0.1, 0.15) is 20.8 Å². The Morgan fingerprint density at radius 1 is 0.857 bits per heavy atom. The van der Waals surface area contributed by atoms with Crippen LogP contribution >= 0.6 is 0 Å². The Bertz CT molecular complexity index is 200. The third-order valence-electron chi connectivity index (χ3n) is 2.44. The van der Waals surface area contributed by atoms with Crippen LogP contribution in [0.4, 0.5) is 0 Å². The van der Waals surface area contributed by atoms with Crippen molar-refractivity contribution in [1.82, 2.24) is 0 Å². The van der Waals surface area contributed by atoms with Gasteiger partial charge in [-0.3, -0.25) is 0 Å². The van der Waals surface area contributed by atoms with Gasteiger partial charge in [0.05, 0.1) is 6.10 Å². The molecular formula is C9H18O5. The minimum Gasteiger partial charge on any atom is -0.388 e. The SMILES string of the molecule is CC(C)(C)C1O[C@H](O)[C@@H](O)[C@H](O)[C@H]1O. The quantitative estimate of drug-likeness (QED) is 0.401. The van der Waals surface area contributed by atoms with Crippen molar-refractivity contribution in [3.05, 3.63) is 0 Å². The van der Waals surface area contributed by atoms with Crippen LogP contribution < -0.4 is 0 Å². The molecule has 0 aromatic heterocycles. The number of rotatable bonds is 0. The van der Waals surface area contributed by atoms with Crippen molar-refractivity contribution in [2.75, 3.05) is 0 Å². The number of aliphatic hydroxyl groups excluding tert-OH is 4. The van der Waals surface area contributed by atoms with E-state index in [2.05, 4.69) is 0 Å². The molecule has 1 unspecified atom stereocenters. The minimum absolute atomic E-state index is 0.415. The zero-order valence-electron chi connectivity index (χ0n) is 8.58. The first-order valence-electron chi connectivity index (χ1n) is 4.63. The predicted molar refractivity (Wildman–Crippen MR) is 48.4 cm³/mol. The molecule has 5 nitrogen and oxygen atoms in total. The van der Waals surface area contributed by atoms with Crippen LogP contribution in [0.25, 0.3) is 0 Å². The molecule has 0 saturated carbocycles. The van der Waals surface area contributed by atoms with E-state index >= 15 is 0 Å². The lowest BCUT2D eigenvalue weighted by Crippen LogP contribution is -2.60. The molecule has 5 atom stereocenters. The van der Waals surface area contributed by atoms with Crippen LogP contribution in [0.15, 0.2) is 0 Å². The van der Waals surface area contributed by atoms with Gasteiger partial charge in [0, 0.05) is 0 Å². The maximum Gasteiger partial charge on any atom is 0.183 e. The maximum absolute atomic E-state index is 9.62. The van der Waals surface area contributed by atoms with Crippen molar-refractivity contribution >= 4 is 0 Å². The molecule has 1 rings (SSSR count). The topological polar surface area (TPSA) is 90.2 Å². The fourth-order valence-electron chi connectivity index (χ4n) is 1.58. The molecule has 0 amide bonds. The molecule has 1 fully saturated rings. The van der Waals surface area contributed by atoms with E-state index in [0.29, 0.717) is 0 Å². The summed E-state index contributed by atoms with van der Waals surface area (Å²) in [5, 5.41) is 37.5. The summed E-state index contributed by atoms with van der Waals surface area (Å²) in [7, 11) is 0. The summed E-state index contributed by atoms with van der Waals surface area (Å²) in [6, 6.07) is 0. The van der Waals surface area contributed by atoms with Crippen LogP contribution in [0.2, 0.25) is 0 Å². The lowest BCUT2D eigenvalue weighted by molar-refractivity contribution is -0.299. The molecule has 0 bridgehead atoms. The Hall–Kier alpha value is -0.200. The molecule has 0 aromatic carbocycles. The summed E-state index contributed by atoms with van der Waals surface area (Å²) in [4.78, 5) is 0. The molecule has 84 valence electrons. The van der Waals surface area contributed by atoms with Gasteiger partial charge in [0.2, 0.25) is 0 Å². The second-order valence-electron chi connectivity index (χ2n) is 4.79. The van der Waals surface area contributed by atoms with E-state index in [1.165, 1.54) is 0 Å². The Balaban J connectivity index is 2.81. The third-order valence-corrected chi connectivity index (χ3v) is 2.44. The Kier molecular flexibility index (Phi) is 3.18. The van der Waals surface area contributed by atoms with Gasteiger partial charge in [-0.25, -0.2) is 0 Å². The Labute approximate surface area is 82.9 Å². The molecule has 0 aromatic rings. The minimum atomic E-state index is -1.46. The lowest BCUT2D eigenvalue weighted by atomic mass is 9.81. The van der Waals surface area contributed by atoms with E-state index in [4.69, 9.17) is 4.74 Å². The zero-order chi connectivity index (χ0) is 11.1. The second-order valence-corrected chi connectivity index (χ2v) is 4.79. The van der Waals surface area contributed by atoms with Crippen LogP contribution in [-0.2, 0) is 4.74 Å². The fraction of sp³-hybridized carbons (Fsp3) is 1.00. The van der Waals surface area contributed by atoms with Crippen molar-refractivity contribution in [1.29, 1.82) is 0 Å². The number of hydrogen-bond donors (Lipinski definition) is 4. The summed E-state index contributed by atoms with van der Waals surface area (Å²) in [6.45, 7) is 5.45. The highest BCUT2D eigenvalue weighted by Crippen LogP contribution is 2.32. The van der Waals surface area contributed by atoms with E-state index in [1.54, 1.807) is 0 Å². The first-order chi connectivity index (χ1) is 6.25. The number of ether oxygens (including phenoxy) is 1. The highest BCUT2D eigenvalue weighted by atomic mass is 16.6. The summed E-state index contributed by atoms with van der Waals surface area (Å²) in [6.07, 6.45) is -6.16. The van der Waals surface area contributed by atoms with E-state index in [-0.39, 0.29) is 0 Å². The fourth-order valence-corrected chi connectivity index (χ4v) is 1.58. The molecule has 14 heavy (non-hydrogen) atoms. The van der Waals surface area contributed by atoms with Gasteiger partial charge >= 0.3 is 0 Å². The standard InChI is InChI=1S/C9H18O5/c1-9(2,3)7-5(11)4(10)6(12)8(13)14-7/h4-8,10-13H,1-3H3/t4-,5-,6+,7?,8+/m1/s1. The molecule has 1 aliphatic heterocycles. The molecule has 1 saturated heterocycles. The van der Waals surface area contributed by atoms with Crippen molar-refractivity contribution in [3.8, 4) is 0 Å². The van der Waals surface area contributed by atoms with E-state index < -0.39 is 36.1 Å². The van der Waals surface area contributed by atoms with Gasteiger partial charge in [-0.15, -0.1) is 0 Å². The van der Waals surface area contributed by atoms with Crippen LogP contribution in [-0.4, -0.2) is 51.1 Å². The molecule has 0 aliphatic carbocycles. The highest BCUT2D eigenvalue weighted by molar-refractivity contribution is 4.93. The number of aliphatic hydroxyl groups is 4. The average Bonchev–Trinajstić information content (AvgIpc) is 2.06. The molecule has 0 radical (unpaired) electrons. The smallest absolute Gasteiger partial charge is 0.183 e. The molecule has 1 aliphatic rings. The molecule has 4 N–H and O–H groups in total. The van der Waals surface area contributed by atoms with Gasteiger partial charge < -0.3 is 25.2 Å². The third kappa shape index (κ3) is 2.07. The first kappa shape index (κ1) is 11.9. The largest absolute Gasteiger partial charge is 0.388 e. The number of hydrogen-bond acceptors (Lipinski definition) is 5. The van der Waals surface area contributed by atoms with Crippen molar-refractivity contribution in [2.24, 2.45) is 5.41 Å². The average molecular weight is 206 g/mol. The predicted octanol–water partition coefficient (Wildman–Crippen LogP) is -1.17. The monoisotopic (exact) mass is 206 g/mol. The van der Waals surface area contributed by atoms with E-state index in [9.17, 15) is 20.4 Å². The molecular weight excluding hydrogens is 188 g/mol. The van der Waals surface area contributed by atoms with E-state index in [1.807, 2.05) is 20.8 Å². The summed E-state index contributed by atoms with van der Waals surface area (Å²) < 4.78 is 5.04. The van der Waals surface area contributed by atoms with Gasteiger partial charge in [0.25, 0.3) is 0 Å². The normalized spacial score (nSPS) is 45.2. The van der Waals surface area contributed by atoms with Crippen LogP contribution in [0, 0.1) is 5.41 Å². The Morgan fingerprint density at radius 3 is 1.79 bits per heavy atom. The molecule has 0 spiro atoms. The summed E-state index contributed by atoms with van der Waals surface area (Å²) >= 11 is 0. The molecule has 1 heterocycles. The van der Waals surface area contributed by atoms with Crippen LogP contribution in [0.3, 0.4) is 0 Å². The molecule has 5 heteroatoms. The second kappa shape index (κ2) is 3.75. The van der Waals surface area contributed by atoms with Crippen molar-refractivity contribution in [3.63, 3.8) is 0 Å². The lowest BCUT2D eigenvalue weighted by Gasteiger charge is -2.43. The van der Waals surface area contributed by atoms with Gasteiger partial charge in [0.15, 0.2) is 6.29 Å². The summed E-state index contributed by atoms with van der Waals surface area (Å²) in [5.74, 6) is 0. The van der Waals surface area contributed by atoms with Gasteiger partial charge in [-0.2, -0.15) is 0 Å².